The molecule has 0 atom stereocenters. The number of hydroxylamine groups is 1. The zero-order valence-corrected chi connectivity index (χ0v) is 5.65. The highest BCUT2D eigenvalue weighted by atomic mass is 35.5. The molecule has 9 heavy (non-hydrogen) atoms. The molecule has 2 amide bonds. The first-order valence-corrected chi connectivity index (χ1v) is 3.04. The molecule has 0 unspecified atom stereocenters. The standard InChI is InChI=1S/C4H9ClN2O2/c5-2-1-3-9-7-4(6)8/h1-3H2,(H3,6,7,8). The average molecular weight is 153 g/mol. The Hall–Kier alpha value is -0.480. The molecule has 4 nitrogen and oxygen atoms in total. The van der Waals surface area contributed by atoms with Gasteiger partial charge in [0.05, 0.1) is 6.61 Å². The third kappa shape index (κ3) is 7.52. The summed E-state index contributed by atoms with van der Waals surface area (Å²) >= 11 is 5.29. The fourth-order valence-electron chi connectivity index (χ4n) is 0.249. The second-order valence-electron chi connectivity index (χ2n) is 1.36. The minimum atomic E-state index is -0.690. The summed E-state index contributed by atoms with van der Waals surface area (Å²) in [5.41, 5.74) is 6.63. The van der Waals surface area contributed by atoms with Crippen molar-refractivity contribution in [3.05, 3.63) is 0 Å². The highest BCUT2D eigenvalue weighted by Crippen LogP contribution is 1.82. The quantitative estimate of drug-likeness (QED) is 0.344. The van der Waals surface area contributed by atoms with Gasteiger partial charge >= 0.3 is 6.03 Å². The van der Waals surface area contributed by atoms with Crippen molar-refractivity contribution in [1.82, 2.24) is 5.48 Å². The maximum absolute atomic E-state index is 9.92. The molecule has 0 aliphatic heterocycles. The molecule has 3 N–H and O–H groups in total. The highest BCUT2D eigenvalue weighted by Gasteiger charge is 1.88. The van der Waals surface area contributed by atoms with Crippen LogP contribution in [0, 0.1) is 0 Å². The summed E-state index contributed by atoms with van der Waals surface area (Å²) in [5, 5.41) is 0. The van der Waals surface area contributed by atoms with Crippen LogP contribution < -0.4 is 11.2 Å². The third-order valence-electron chi connectivity index (χ3n) is 0.553. The number of primary amides is 1. The van der Waals surface area contributed by atoms with Gasteiger partial charge in [-0.25, -0.2) is 10.3 Å². The van der Waals surface area contributed by atoms with Gasteiger partial charge in [0.15, 0.2) is 0 Å². The molecule has 0 saturated carbocycles. The van der Waals surface area contributed by atoms with Crippen LogP contribution in [0.2, 0.25) is 0 Å². The molecule has 0 fully saturated rings. The molecular weight excluding hydrogens is 144 g/mol. The van der Waals surface area contributed by atoms with Crippen molar-refractivity contribution < 1.29 is 9.63 Å². The molecule has 54 valence electrons. The number of hydrogen-bond acceptors (Lipinski definition) is 2. The van der Waals surface area contributed by atoms with E-state index in [0.29, 0.717) is 18.9 Å². The molecule has 0 radical (unpaired) electrons. The number of hydrogen-bond donors (Lipinski definition) is 2. The summed E-state index contributed by atoms with van der Waals surface area (Å²) in [6.45, 7) is 0.395. The lowest BCUT2D eigenvalue weighted by atomic mass is 10.5. The van der Waals surface area contributed by atoms with Gasteiger partial charge in [-0.05, 0) is 6.42 Å². The van der Waals surface area contributed by atoms with E-state index >= 15 is 0 Å². The smallest absolute Gasteiger partial charge is 0.336 e. The van der Waals surface area contributed by atoms with Gasteiger partial charge in [-0.1, -0.05) is 0 Å². The molecule has 0 aromatic heterocycles. The molecule has 0 saturated heterocycles. The van der Waals surface area contributed by atoms with Gasteiger partial charge in [0, 0.05) is 5.88 Å². The molecule has 0 aliphatic rings. The Balaban J connectivity index is 2.83. The van der Waals surface area contributed by atoms with Gasteiger partial charge in [-0.2, -0.15) is 0 Å². The van der Waals surface area contributed by atoms with Gasteiger partial charge in [-0.3, -0.25) is 4.84 Å². The SMILES string of the molecule is NC(=O)NOCCCCl. The molecule has 0 aromatic carbocycles. The van der Waals surface area contributed by atoms with E-state index in [2.05, 4.69) is 10.6 Å². The Kier molecular flexibility index (Phi) is 5.35. The van der Waals surface area contributed by atoms with E-state index in [1.165, 1.54) is 0 Å². The molecule has 0 bridgehead atoms. The number of rotatable bonds is 4. The van der Waals surface area contributed by atoms with Crippen LogP contribution in [0.25, 0.3) is 0 Å². The number of urea groups is 1. The Morgan fingerprint density at radius 2 is 2.44 bits per heavy atom. The normalized spacial score (nSPS) is 9.00. The van der Waals surface area contributed by atoms with E-state index in [4.69, 9.17) is 11.6 Å². The fourth-order valence-corrected chi connectivity index (χ4v) is 0.358. The molecule has 0 spiro atoms. The molecule has 0 heterocycles. The minimum absolute atomic E-state index is 0.395. The first-order valence-electron chi connectivity index (χ1n) is 2.50. The fraction of sp³-hybridized carbons (Fsp3) is 0.750. The van der Waals surface area contributed by atoms with Crippen LogP contribution in [0.4, 0.5) is 4.79 Å². The number of nitrogens with two attached hydrogens (primary N) is 1. The van der Waals surface area contributed by atoms with Crippen LogP contribution in [0.3, 0.4) is 0 Å². The van der Waals surface area contributed by atoms with Gasteiger partial charge in [0.2, 0.25) is 0 Å². The van der Waals surface area contributed by atoms with E-state index in [1.807, 2.05) is 5.48 Å². The number of nitrogens with one attached hydrogen (secondary N) is 1. The number of halogens is 1. The lowest BCUT2D eigenvalue weighted by Gasteiger charge is -1.98. The Morgan fingerprint density at radius 3 is 2.89 bits per heavy atom. The van der Waals surface area contributed by atoms with Gasteiger partial charge in [0.1, 0.15) is 0 Å². The lowest BCUT2D eigenvalue weighted by molar-refractivity contribution is 0.0652. The molecule has 0 rings (SSSR count). The summed E-state index contributed by atoms with van der Waals surface area (Å²) in [6.07, 6.45) is 0.696. The van der Waals surface area contributed by atoms with Crippen LogP contribution in [0.5, 0.6) is 0 Å². The number of amides is 2. The second kappa shape index (κ2) is 5.65. The first-order chi connectivity index (χ1) is 4.27. The zero-order valence-electron chi connectivity index (χ0n) is 4.89. The first kappa shape index (κ1) is 8.52. The second-order valence-corrected chi connectivity index (χ2v) is 1.74. The predicted molar refractivity (Wildman–Crippen MR) is 34.0 cm³/mol. The van der Waals surface area contributed by atoms with Gasteiger partial charge in [-0.15, -0.1) is 11.6 Å². The number of alkyl halides is 1. The van der Waals surface area contributed by atoms with Crippen LogP contribution in [-0.2, 0) is 4.84 Å². The van der Waals surface area contributed by atoms with Crippen LogP contribution in [0.15, 0.2) is 0 Å². The monoisotopic (exact) mass is 152 g/mol. The summed E-state index contributed by atoms with van der Waals surface area (Å²) in [7, 11) is 0. The topological polar surface area (TPSA) is 64.4 Å². The van der Waals surface area contributed by atoms with Crippen LogP contribution in [0.1, 0.15) is 6.42 Å². The predicted octanol–water partition coefficient (Wildman–Crippen LogP) is 0.215. The third-order valence-corrected chi connectivity index (χ3v) is 0.820. The summed E-state index contributed by atoms with van der Waals surface area (Å²) < 4.78 is 0. The maximum atomic E-state index is 9.92. The van der Waals surface area contributed by atoms with Crippen molar-refractivity contribution in [2.45, 2.75) is 6.42 Å². The maximum Gasteiger partial charge on any atom is 0.336 e. The Morgan fingerprint density at radius 1 is 1.78 bits per heavy atom. The molecular formula is C4H9ClN2O2. The largest absolute Gasteiger partial charge is 0.350 e. The highest BCUT2D eigenvalue weighted by molar-refractivity contribution is 6.17. The number of carbonyl (C=O) groups is 1. The van der Waals surface area contributed by atoms with Crippen LogP contribution >= 0.6 is 11.6 Å². The molecule has 5 heteroatoms. The van der Waals surface area contributed by atoms with Gasteiger partial charge < -0.3 is 5.73 Å². The van der Waals surface area contributed by atoms with Crippen LogP contribution in [-0.4, -0.2) is 18.5 Å². The summed E-state index contributed by atoms with van der Waals surface area (Å²) in [4.78, 5) is 14.4. The molecule has 0 aliphatic carbocycles. The zero-order chi connectivity index (χ0) is 7.11. The minimum Gasteiger partial charge on any atom is -0.350 e. The van der Waals surface area contributed by atoms with E-state index in [1.54, 1.807) is 0 Å². The van der Waals surface area contributed by atoms with Crippen molar-refractivity contribution in [2.75, 3.05) is 12.5 Å². The van der Waals surface area contributed by atoms with Gasteiger partial charge in [0.25, 0.3) is 0 Å². The Bertz CT molecular complexity index is 88.6. The average Bonchev–Trinajstić information content (AvgIpc) is 1.80. The van der Waals surface area contributed by atoms with Crippen molar-refractivity contribution in [1.29, 1.82) is 0 Å². The van der Waals surface area contributed by atoms with E-state index in [9.17, 15) is 4.79 Å². The number of carbonyl (C=O) groups excluding carboxylic acids is 1. The van der Waals surface area contributed by atoms with E-state index in [0.717, 1.165) is 0 Å². The van der Waals surface area contributed by atoms with Crippen molar-refractivity contribution in [3.8, 4) is 0 Å². The van der Waals surface area contributed by atoms with E-state index < -0.39 is 6.03 Å². The van der Waals surface area contributed by atoms with E-state index in [-0.39, 0.29) is 0 Å². The summed E-state index contributed by atoms with van der Waals surface area (Å²) in [6, 6.07) is -0.690. The Labute approximate surface area is 58.3 Å². The summed E-state index contributed by atoms with van der Waals surface area (Å²) in [5.74, 6) is 0.514. The van der Waals surface area contributed by atoms with Crippen molar-refractivity contribution in [2.24, 2.45) is 5.73 Å². The van der Waals surface area contributed by atoms with Crippen molar-refractivity contribution in [3.63, 3.8) is 0 Å². The lowest BCUT2D eigenvalue weighted by Crippen LogP contribution is -2.29. The molecule has 0 aromatic rings. The van der Waals surface area contributed by atoms with Crippen molar-refractivity contribution >= 4 is 17.6 Å².